The normalized spacial score (nSPS) is 9.58. The molecule has 1 N–H and O–H groups in total. The van der Waals surface area contributed by atoms with Gasteiger partial charge in [-0.15, -0.1) is 0 Å². The van der Waals surface area contributed by atoms with Crippen LogP contribution in [0.4, 0.5) is 11.4 Å². The van der Waals surface area contributed by atoms with Crippen molar-refractivity contribution in [3.8, 4) is 0 Å². The van der Waals surface area contributed by atoms with E-state index in [-0.39, 0.29) is 23.5 Å². The first-order valence-electron chi connectivity index (χ1n) is 5.17. The summed E-state index contributed by atoms with van der Waals surface area (Å²) in [5.41, 5.74) is 0.0171. The molecule has 1 aromatic carbocycles. The third kappa shape index (κ3) is 3.66. The summed E-state index contributed by atoms with van der Waals surface area (Å²) in [6.07, 6.45) is 0. The molecule has 0 aliphatic rings. The lowest BCUT2D eigenvalue weighted by molar-refractivity contribution is -0.384. The van der Waals surface area contributed by atoms with Gasteiger partial charge in [-0.2, -0.15) is 0 Å². The highest BCUT2D eigenvalue weighted by molar-refractivity contribution is 5.96. The molecule has 0 saturated heterocycles. The number of nitro benzene ring substituents is 1. The summed E-state index contributed by atoms with van der Waals surface area (Å²) in [4.78, 5) is 32.6. The zero-order valence-corrected chi connectivity index (χ0v) is 10.3. The quantitative estimate of drug-likeness (QED) is 0.481. The van der Waals surface area contributed by atoms with Gasteiger partial charge in [0.15, 0.2) is 0 Å². The molecule has 0 aliphatic carbocycles. The van der Waals surface area contributed by atoms with Crippen LogP contribution in [0.3, 0.4) is 0 Å². The molecule has 0 aliphatic heterocycles. The monoisotopic (exact) mass is 268 g/mol. The van der Waals surface area contributed by atoms with E-state index in [1.165, 1.54) is 26.4 Å². The molecule has 1 rings (SSSR count). The first kappa shape index (κ1) is 14.4. The summed E-state index contributed by atoms with van der Waals surface area (Å²) in [6.45, 7) is -0.221. The Hall–Kier alpha value is -2.64. The van der Waals surface area contributed by atoms with E-state index in [4.69, 9.17) is 0 Å². The fourth-order valence-corrected chi connectivity index (χ4v) is 1.32. The van der Waals surface area contributed by atoms with Crippen molar-refractivity contribution in [2.75, 3.05) is 26.1 Å². The van der Waals surface area contributed by atoms with Crippen molar-refractivity contribution in [1.29, 1.82) is 0 Å². The van der Waals surface area contributed by atoms with Gasteiger partial charge < -0.3 is 14.8 Å². The first-order valence-corrected chi connectivity index (χ1v) is 5.17. The van der Waals surface area contributed by atoms with Gasteiger partial charge in [-0.3, -0.25) is 14.9 Å². The first-order chi connectivity index (χ1) is 8.99. The number of esters is 2. The molecule has 19 heavy (non-hydrogen) atoms. The lowest BCUT2D eigenvalue weighted by Gasteiger charge is -2.09. The Bertz CT molecular complexity index is 514. The number of benzene rings is 1. The fourth-order valence-electron chi connectivity index (χ4n) is 1.32. The number of hydrogen-bond donors (Lipinski definition) is 1. The van der Waals surface area contributed by atoms with Crippen molar-refractivity contribution in [1.82, 2.24) is 0 Å². The minimum Gasteiger partial charge on any atom is -0.468 e. The molecule has 0 radical (unpaired) electrons. The summed E-state index contributed by atoms with van der Waals surface area (Å²) < 4.78 is 8.97. The van der Waals surface area contributed by atoms with Crippen molar-refractivity contribution >= 4 is 23.3 Å². The standard InChI is InChI=1S/C11H12N2O6/c1-18-10(14)6-12-9-5-7(13(16)17)3-4-8(9)11(15)19-2/h3-5,12H,6H2,1-2H3. The predicted octanol–water partition coefficient (Wildman–Crippen LogP) is 0.966. The number of carbonyl (C=O) groups excluding carboxylic acids is 2. The number of methoxy groups -OCH3 is 2. The second-order valence-electron chi connectivity index (χ2n) is 3.41. The highest BCUT2D eigenvalue weighted by Crippen LogP contribution is 2.23. The van der Waals surface area contributed by atoms with Crippen molar-refractivity contribution in [3.05, 3.63) is 33.9 Å². The van der Waals surface area contributed by atoms with E-state index >= 15 is 0 Å². The Kier molecular flexibility index (Phi) is 4.81. The Morgan fingerprint density at radius 3 is 2.53 bits per heavy atom. The van der Waals surface area contributed by atoms with Crippen molar-refractivity contribution < 1.29 is 24.0 Å². The smallest absolute Gasteiger partial charge is 0.339 e. The van der Waals surface area contributed by atoms with Gasteiger partial charge in [0, 0.05) is 12.1 Å². The molecule has 0 unspecified atom stereocenters. The molecule has 0 heterocycles. The molecule has 0 amide bonds. The Morgan fingerprint density at radius 1 is 1.32 bits per heavy atom. The van der Waals surface area contributed by atoms with Gasteiger partial charge in [-0.05, 0) is 6.07 Å². The number of rotatable bonds is 5. The highest BCUT2D eigenvalue weighted by atomic mass is 16.6. The van der Waals surface area contributed by atoms with Crippen molar-refractivity contribution in [2.24, 2.45) is 0 Å². The molecule has 0 spiro atoms. The van der Waals surface area contributed by atoms with E-state index in [0.29, 0.717) is 0 Å². The number of nitro groups is 1. The number of ether oxygens (including phenoxy) is 2. The van der Waals surface area contributed by atoms with Crippen LogP contribution >= 0.6 is 0 Å². The fraction of sp³-hybridized carbons (Fsp3) is 0.273. The lowest BCUT2D eigenvalue weighted by Crippen LogP contribution is -2.17. The number of hydrogen-bond acceptors (Lipinski definition) is 7. The van der Waals surface area contributed by atoms with Crippen LogP contribution < -0.4 is 5.32 Å². The molecule has 0 bridgehead atoms. The Labute approximate surface area is 108 Å². The van der Waals surface area contributed by atoms with Crippen molar-refractivity contribution in [2.45, 2.75) is 0 Å². The van der Waals surface area contributed by atoms with E-state index in [1.54, 1.807) is 0 Å². The maximum Gasteiger partial charge on any atom is 0.339 e. The number of carbonyl (C=O) groups is 2. The van der Waals surface area contributed by atoms with Gasteiger partial charge in [-0.1, -0.05) is 0 Å². The molecular formula is C11H12N2O6. The molecule has 0 atom stereocenters. The number of non-ortho nitro benzene ring substituents is 1. The maximum absolute atomic E-state index is 11.5. The van der Waals surface area contributed by atoms with Gasteiger partial charge in [0.1, 0.15) is 6.54 Å². The average Bonchev–Trinajstić information content (AvgIpc) is 2.43. The van der Waals surface area contributed by atoms with Gasteiger partial charge >= 0.3 is 11.9 Å². The number of nitrogens with one attached hydrogen (secondary N) is 1. The summed E-state index contributed by atoms with van der Waals surface area (Å²) >= 11 is 0. The average molecular weight is 268 g/mol. The molecular weight excluding hydrogens is 256 g/mol. The predicted molar refractivity (Wildman–Crippen MR) is 64.9 cm³/mol. The second kappa shape index (κ2) is 6.34. The van der Waals surface area contributed by atoms with Crippen LogP contribution in [0.2, 0.25) is 0 Å². The molecule has 1 aromatic rings. The zero-order valence-electron chi connectivity index (χ0n) is 10.3. The Morgan fingerprint density at radius 2 is 2.00 bits per heavy atom. The summed E-state index contributed by atoms with van der Waals surface area (Å²) in [6, 6.07) is 3.58. The molecule has 102 valence electrons. The lowest BCUT2D eigenvalue weighted by atomic mass is 10.1. The van der Waals surface area contributed by atoms with E-state index in [2.05, 4.69) is 14.8 Å². The zero-order chi connectivity index (χ0) is 14.4. The van der Waals surface area contributed by atoms with Crippen LogP contribution in [-0.2, 0) is 14.3 Å². The summed E-state index contributed by atoms with van der Waals surface area (Å²) in [7, 11) is 2.40. The van der Waals surface area contributed by atoms with E-state index < -0.39 is 16.9 Å². The largest absolute Gasteiger partial charge is 0.468 e. The van der Waals surface area contributed by atoms with E-state index in [0.717, 1.165) is 6.07 Å². The van der Waals surface area contributed by atoms with Gasteiger partial charge in [-0.25, -0.2) is 4.79 Å². The molecule has 0 aromatic heterocycles. The third-order valence-corrected chi connectivity index (χ3v) is 2.27. The van der Waals surface area contributed by atoms with Crippen molar-refractivity contribution in [3.63, 3.8) is 0 Å². The molecule has 0 saturated carbocycles. The minimum atomic E-state index is -0.665. The third-order valence-electron chi connectivity index (χ3n) is 2.27. The number of anilines is 1. The van der Waals surface area contributed by atoms with Crippen LogP contribution in [0.1, 0.15) is 10.4 Å². The topological polar surface area (TPSA) is 108 Å². The molecule has 0 fully saturated rings. The molecule has 8 heteroatoms. The molecule has 8 nitrogen and oxygen atoms in total. The van der Waals surface area contributed by atoms with Crippen LogP contribution in [0, 0.1) is 10.1 Å². The SMILES string of the molecule is COC(=O)CNc1cc([N+](=O)[O-])ccc1C(=O)OC. The van der Waals surface area contributed by atoms with Gasteiger partial charge in [0.25, 0.3) is 5.69 Å². The highest BCUT2D eigenvalue weighted by Gasteiger charge is 2.17. The minimum absolute atomic E-state index is 0.0944. The van der Waals surface area contributed by atoms with E-state index in [9.17, 15) is 19.7 Å². The summed E-state index contributed by atoms with van der Waals surface area (Å²) in [5.74, 6) is -1.23. The van der Waals surface area contributed by atoms with Gasteiger partial charge in [0.2, 0.25) is 0 Å². The Balaban J connectivity index is 3.07. The van der Waals surface area contributed by atoms with Crippen LogP contribution in [0.15, 0.2) is 18.2 Å². The maximum atomic E-state index is 11.5. The van der Waals surface area contributed by atoms with E-state index in [1.807, 2.05) is 0 Å². The summed E-state index contributed by atoms with van der Waals surface area (Å²) in [5, 5.41) is 13.3. The van der Waals surface area contributed by atoms with Crippen LogP contribution in [0.5, 0.6) is 0 Å². The second-order valence-corrected chi connectivity index (χ2v) is 3.41. The van der Waals surface area contributed by atoms with Crippen LogP contribution in [0.25, 0.3) is 0 Å². The number of nitrogens with zero attached hydrogens (tertiary/aromatic N) is 1. The van der Waals surface area contributed by atoms with Gasteiger partial charge in [0.05, 0.1) is 30.4 Å². The van der Waals surface area contributed by atoms with Crippen LogP contribution in [-0.4, -0.2) is 37.6 Å².